The molecule has 1 aromatic carbocycles. The first-order valence-corrected chi connectivity index (χ1v) is 4.17. The van der Waals surface area contributed by atoms with Gasteiger partial charge in [-0.15, -0.1) is 10.2 Å². The largest absolute Gasteiger partial charge is 0.270 e. The van der Waals surface area contributed by atoms with Crippen molar-refractivity contribution < 1.29 is 4.92 Å². The fourth-order valence-electron chi connectivity index (χ4n) is 1.24. The van der Waals surface area contributed by atoms with Crippen LogP contribution in [-0.2, 0) is 0 Å². The summed E-state index contributed by atoms with van der Waals surface area (Å²) in [7, 11) is 0. The highest BCUT2D eigenvalue weighted by Crippen LogP contribution is 2.23. The average molecular weight is 205 g/mol. The average Bonchev–Trinajstić information content (AvgIpc) is 2.71. The van der Waals surface area contributed by atoms with Crippen molar-refractivity contribution >= 4 is 5.69 Å². The molecule has 0 bridgehead atoms. The van der Waals surface area contributed by atoms with Crippen molar-refractivity contribution in [3.63, 3.8) is 0 Å². The minimum atomic E-state index is -0.455. The number of aryl methyl sites for hydroxylation is 1. The van der Waals surface area contributed by atoms with Crippen molar-refractivity contribution in [1.82, 2.24) is 20.6 Å². The first-order valence-electron chi connectivity index (χ1n) is 4.17. The Hall–Kier alpha value is -2.31. The maximum atomic E-state index is 10.6. The molecule has 7 nitrogen and oxygen atoms in total. The molecule has 2 aromatic rings. The van der Waals surface area contributed by atoms with Gasteiger partial charge in [0.15, 0.2) is 0 Å². The summed E-state index contributed by atoms with van der Waals surface area (Å²) in [6, 6.07) is 4.53. The smallest absolute Gasteiger partial charge is 0.258 e. The van der Waals surface area contributed by atoms with Gasteiger partial charge in [-0.2, -0.15) is 5.21 Å². The van der Waals surface area contributed by atoms with Crippen molar-refractivity contribution in [2.24, 2.45) is 0 Å². The third-order valence-electron chi connectivity index (χ3n) is 2.02. The van der Waals surface area contributed by atoms with Gasteiger partial charge in [0.05, 0.1) is 4.92 Å². The number of nitro groups is 1. The van der Waals surface area contributed by atoms with Gasteiger partial charge in [0.1, 0.15) is 0 Å². The molecule has 15 heavy (non-hydrogen) atoms. The van der Waals surface area contributed by atoms with Crippen molar-refractivity contribution in [2.45, 2.75) is 6.92 Å². The number of hydrogen-bond acceptors (Lipinski definition) is 5. The van der Waals surface area contributed by atoms with Crippen LogP contribution in [0.2, 0.25) is 0 Å². The molecule has 0 radical (unpaired) electrons. The third kappa shape index (κ3) is 1.66. The number of nitrogens with one attached hydrogen (secondary N) is 1. The van der Waals surface area contributed by atoms with E-state index in [0.29, 0.717) is 11.4 Å². The van der Waals surface area contributed by atoms with Crippen molar-refractivity contribution in [2.75, 3.05) is 0 Å². The van der Waals surface area contributed by atoms with Crippen LogP contribution in [0.4, 0.5) is 5.69 Å². The van der Waals surface area contributed by atoms with Crippen LogP contribution in [0, 0.1) is 17.0 Å². The van der Waals surface area contributed by atoms with Crippen LogP contribution in [0.3, 0.4) is 0 Å². The molecule has 0 fully saturated rings. The molecule has 76 valence electrons. The first-order chi connectivity index (χ1) is 7.18. The molecule has 2 rings (SSSR count). The van der Waals surface area contributed by atoms with E-state index in [0.717, 1.165) is 5.56 Å². The number of benzene rings is 1. The Morgan fingerprint density at radius 2 is 2.27 bits per heavy atom. The van der Waals surface area contributed by atoms with Crippen molar-refractivity contribution in [1.29, 1.82) is 0 Å². The highest BCUT2D eigenvalue weighted by molar-refractivity contribution is 5.62. The highest BCUT2D eigenvalue weighted by Gasteiger charge is 2.12. The first kappa shape index (κ1) is 9.25. The van der Waals surface area contributed by atoms with E-state index in [4.69, 9.17) is 0 Å². The molecule has 1 N–H and O–H groups in total. The maximum Gasteiger partial charge on any atom is 0.270 e. The van der Waals surface area contributed by atoms with E-state index in [1.165, 1.54) is 12.1 Å². The minimum Gasteiger partial charge on any atom is -0.258 e. The van der Waals surface area contributed by atoms with Crippen LogP contribution in [0.5, 0.6) is 0 Å². The van der Waals surface area contributed by atoms with E-state index >= 15 is 0 Å². The van der Waals surface area contributed by atoms with Gasteiger partial charge in [-0.1, -0.05) is 6.07 Å². The molecule has 0 atom stereocenters. The normalized spacial score (nSPS) is 10.2. The van der Waals surface area contributed by atoms with E-state index in [-0.39, 0.29) is 5.69 Å². The molecule has 0 aliphatic carbocycles. The summed E-state index contributed by atoms with van der Waals surface area (Å²) < 4.78 is 0. The number of hydrogen-bond donors (Lipinski definition) is 1. The summed E-state index contributed by atoms with van der Waals surface area (Å²) in [6.07, 6.45) is 0. The SMILES string of the molecule is Cc1ccc([N+](=O)[O-])cc1-c1nn[nH]n1. The van der Waals surface area contributed by atoms with E-state index in [2.05, 4.69) is 20.6 Å². The standard InChI is InChI=1S/C8H7N5O2/c1-5-2-3-6(13(14)15)4-7(5)8-9-11-12-10-8/h2-4H,1H3,(H,9,10,11,12). The number of aromatic nitrogens is 4. The third-order valence-corrected chi connectivity index (χ3v) is 2.02. The number of aromatic amines is 1. The summed E-state index contributed by atoms with van der Waals surface area (Å²) in [5.74, 6) is 0.358. The van der Waals surface area contributed by atoms with Crippen LogP contribution in [0.25, 0.3) is 11.4 Å². The lowest BCUT2D eigenvalue weighted by atomic mass is 10.1. The fourth-order valence-corrected chi connectivity index (χ4v) is 1.24. The highest BCUT2D eigenvalue weighted by atomic mass is 16.6. The summed E-state index contributed by atoms with van der Waals surface area (Å²) >= 11 is 0. The zero-order valence-electron chi connectivity index (χ0n) is 7.84. The summed E-state index contributed by atoms with van der Waals surface area (Å²) in [4.78, 5) is 10.1. The Bertz CT molecular complexity index is 494. The Balaban J connectivity index is 2.55. The predicted octanol–water partition coefficient (Wildman–Crippen LogP) is 1.08. The minimum absolute atomic E-state index is 0.0143. The molecule has 0 aliphatic heterocycles. The molecule has 0 saturated heterocycles. The van der Waals surface area contributed by atoms with Gasteiger partial charge in [-0.05, 0) is 17.7 Å². The molecule has 0 aliphatic rings. The van der Waals surface area contributed by atoms with Gasteiger partial charge >= 0.3 is 0 Å². The van der Waals surface area contributed by atoms with Crippen LogP contribution in [0.15, 0.2) is 18.2 Å². The van der Waals surface area contributed by atoms with Crippen molar-refractivity contribution in [3.8, 4) is 11.4 Å². The fraction of sp³-hybridized carbons (Fsp3) is 0.125. The molecule has 0 spiro atoms. The number of tetrazole rings is 1. The zero-order chi connectivity index (χ0) is 10.8. The van der Waals surface area contributed by atoms with Crippen molar-refractivity contribution in [3.05, 3.63) is 33.9 Å². The van der Waals surface area contributed by atoms with Gasteiger partial charge in [-0.25, -0.2) is 0 Å². The van der Waals surface area contributed by atoms with Crippen LogP contribution in [0.1, 0.15) is 5.56 Å². The molecule has 7 heteroatoms. The lowest BCUT2D eigenvalue weighted by molar-refractivity contribution is -0.384. The van der Waals surface area contributed by atoms with Gasteiger partial charge in [0.2, 0.25) is 5.82 Å². The lowest BCUT2D eigenvalue weighted by Gasteiger charge is -1.99. The number of rotatable bonds is 2. The Morgan fingerprint density at radius 3 is 2.87 bits per heavy atom. The summed E-state index contributed by atoms with van der Waals surface area (Å²) in [5, 5.41) is 23.8. The quantitative estimate of drug-likeness (QED) is 0.584. The van der Waals surface area contributed by atoms with E-state index < -0.39 is 4.92 Å². The summed E-state index contributed by atoms with van der Waals surface area (Å²) in [6.45, 7) is 1.83. The second kappa shape index (κ2) is 3.45. The molecular formula is C8H7N5O2. The number of H-pyrrole nitrogens is 1. The molecule has 0 unspecified atom stereocenters. The molecular weight excluding hydrogens is 198 g/mol. The number of nitro benzene ring substituents is 1. The second-order valence-electron chi connectivity index (χ2n) is 2.99. The van der Waals surface area contributed by atoms with E-state index in [9.17, 15) is 10.1 Å². The van der Waals surface area contributed by atoms with Gasteiger partial charge in [-0.3, -0.25) is 10.1 Å². The Labute approximate surface area is 84.3 Å². The summed E-state index contributed by atoms with van der Waals surface area (Å²) in [5.41, 5.74) is 1.49. The van der Waals surface area contributed by atoms with Crippen LogP contribution >= 0.6 is 0 Å². The van der Waals surface area contributed by atoms with E-state index in [1.54, 1.807) is 6.07 Å². The van der Waals surface area contributed by atoms with Crippen LogP contribution in [-0.4, -0.2) is 25.5 Å². The van der Waals surface area contributed by atoms with Gasteiger partial charge in [0, 0.05) is 17.7 Å². The van der Waals surface area contributed by atoms with Gasteiger partial charge in [0.25, 0.3) is 5.69 Å². The maximum absolute atomic E-state index is 10.6. The molecule has 1 heterocycles. The monoisotopic (exact) mass is 205 g/mol. The lowest BCUT2D eigenvalue weighted by Crippen LogP contribution is -1.91. The number of nitrogens with zero attached hydrogens (tertiary/aromatic N) is 4. The number of non-ortho nitro benzene ring substituents is 1. The topological polar surface area (TPSA) is 97.6 Å². The predicted molar refractivity (Wildman–Crippen MR) is 51.0 cm³/mol. The molecule has 1 aromatic heterocycles. The van der Waals surface area contributed by atoms with Gasteiger partial charge < -0.3 is 0 Å². The van der Waals surface area contributed by atoms with Crippen LogP contribution < -0.4 is 0 Å². The zero-order valence-corrected chi connectivity index (χ0v) is 7.84. The second-order valence-corrected chi connectivity index (χ2v) is 2.99. The Kier molecular flexibility index (Phi) is 2.13. The molecule has 0 saturated carbocycles. The van der Waals surface area contributed by atoms with E-state index in [1.807, 2.05) is 6.92 Å². The molecule has 0 amide bonds. The Morgan fingerprint density at radius 1 is 1.47 bits per heavy atom.